The Kier molecular flexibility index (Phi) is 6.58. The maximum absolute atomic E-state index is 13.2. The van der Waals surface area contributed by atoms with Gasteiger partial charge in [-0.15, -0.1) is 0 Å². The van der Waals surface area contributed by atoms with E-state index in [1.807, 2.05) is 12.1 Å². The summed E-state index contributed by atoms with van der Waals surface area (Å²) in [5.74, 6) is 0.481. The van der Waals surface area contributed by atoms with Crippen LogP contribution in [-0.4, -0.2) is 51.1 Å². The molecule has 0 bridgehead atoms. The third-order valence-corrected chi connectivity index (χ3v) is 6.00. The molecule has 9 nitrogen and oxygen atoms in total. The molecule has 1 aliphatic heterocycles. The molecule has 0 aliphatic carbocycles. The number of pyridine rings is 1. The van der Waals surface area contributed by atoms with E-state index in [1.54, 1.807) is 42.5 Å². The van der Waals surface area contributed by atoms with Crippen LogP contribution in [0.1, 0.15) is 29.6 Å². The third-order valence-electron chi connectivity index (χ3n) is 6.00. The molecule has 0 unspecified atom stereocenters. The van der Waals surface area contributed by atoms with Crippen molar-refractivity contribution in [2.45, 2.75) is 25.8 Å². The molecule has 33 heavy (non-hydrogen) atoms. The molecule has 172 valence electrons. The Morgan fingerprint density at radius 1 is 1.18 bits per heavy atom. The van der Waals surface area contributed by atoms with E-state index in [4.69, 9.17) is 10.5 Å². The van der Waals surface area contributed by atoms with Gasteiger partial charge < -0.3 is 19.9 Å². The molecular weight excluding hydrogens is 422 g/mol. The predicted octanol–water partition coefficient (Wildman–Crippen LogP) is 2.14. The summed E-state index contributed by atoms with van der Waals surface area (Å²) in [5, 5.41) is 4.30. The minimum Gasteiger partial charge on any atom is -0.497 e. The van der Waals surface area contributed by atoms with Crippen molar-refractivity contribution in [3.63, 3.8) is 0 Å². The van der Waals surface area contributed by atoms with Crippen LogP contribution < -0.4 is 16.0 Å². The fraction of sp³-hybridized carbons (Fsp3) is 0.333. The number of piperidine rings is 1. The number of hydrogen-bond donors (Lipinski definition) is 1. The van der Waals surface area contributed by atoms with Gasteiger partial charge >= 0.3 is 0 Å². The first-order chi connectivity index (χ1) is 16.0. The zero-order chi connectivity index (χ0) is 23.4. The van der Waals surface area contributed by atoms with Gasteiger partial charge in [0.05, 0.1) is 24.6 Å². The van der Waals surface area contributed by atoms with E-state index in [2.05, 4.69) is 5.10 Å². The quantitative estimate of drug-likeness (QED) is 0.553. The van der Waals surface area contributed by atoms with E-state index in [9.17, 15) is 14.4 Å². The number of amides is 1. The van der Waals surface area contributed by atoms with Gasteiger partial charge in [0.1, 0.15) is 11.6 Å². The Balaban J connectivity index is 1.42. The number of carbonyl (C=O) groups excluding carboxylic acids is 2. The van der Waals surface area contributed by atoms with E-state index in [1.165, 1.54) is 21.5 Å². The summed E-state index contributed by atoms with van der Waals surface area (Å²) < 4.78 is 8.21. The van der Waals surface area contributed by atoms with Gasteiger partial charge in [0.15, 0.2) is 5.78 Å². The van der Waals surface area contributed by atoms with Gasteiger partial charge in [0.25, 0.3) is 5.56 Å². The van der Waals surface area contributed by atoms with Crippen molar-refractivity contribution in [3.8, 4) is 11.4 Å². The lowest BCUT2D eigenvalue weighted by Crippen LogP contribution is -2.42. The van der Waals surface area contributed by atoms with Gasteiger partial charge in [-0.05, 0) is 43.2 Å². The highest BCUT2D eigenvalue weighted by atomic mass is 16.5. The number of nitrogens with zero attached hydrogens (tertiary/aromatic N) is 4. The lowest BCUT2D eigenvalue weighted by atomic mass is 9.90. The average Bonchev–Trinajstić information content (AvgIpc) is 3.24. The Morgan fingerprint density at radius 3 is 2.70 bits per heavy atom. The standard InChI is InChI=1S/C24H27N5O4/c1-33-19-9-7-18(8-10-19)29-24(25)20(15-26-29)23(32)17-5-4-13-28(16-17)22(31)11-14-27-12-3-2-6-21(27)30/h2-3,6-10,12,15,17H,4-5,11,13-14,16,25H2,1H3/t17-/m1/s1. The van der Waals surface area contributed by atoms with Crippen molar-refractivity contribution in [1.82, 2.24) is 19.2 Å². The van der Waals surface area contributed by atoms with E-state index in [-0.39, 0.29) is 35.4 Å². The summed E-state index contributed by atoms with van der Waals surface area (Å²) in [6.07, 6.45) is 4.79. The average molecular weight is 450 g/mol. The maximum Gasteiger partial charge on any atom is 0.250 e. The van der Waals surface area contributed by atoms with Crippen molar-refractivity contribution in [2.75, 3.05) is 25.9 Å². The Labute approximate surface area is 191 Å². The van der Waals surface area contributed by atoms with Gasteiger partial charge in [-0.1, -0.05) is 6.07 Å². The number of ether oxygens (including phenoxy) is 1. The molecule has 3 heterocycles. The number of likely N-dealkylation sites (tertiary alicyclic amines) is 1. The number of ketones is 1. The highest BCUT2D eigenvalue weighted by molar-refractivity contribution is 6.02. The molecule has 3 aromatic rings. The Morgan fingerprint density at radius 2 is 1.97 bits per heavy atom. The summed E-state index contributed by atoms with van der Waals surface area (Å²) in [6, 6.07) is 12.1. The normalized spacial score (nSPS) is 15.9. The number of rotatable bonds is 7. The molecule has 1 aromatic carbocycles. The lowest BCUT2D eigenvalue weighted by molar-refractivity contribution is -0.132. The molecule has 0 spiro atoms. The van der Waals surface area contributed by atoms with Gasteiger partial charge in [-0.2, -0.15) is 5.10 Å². The number of Topliss-reactive ketones (excluding diaryl/α,β-unsaturated/α-hetero) is 1. The number of methoxy groups -OCH3 is 1. The first-order valence-electron chi connectivity index (χ1n) is 10.9. The number of benzene rings is 1. The number of aryl methyl sites for hydroxylation is 1. The van der Waals surface area contributed by atoms with Gasteiger partial charge in [-0.25, -0.2) is 4.68 Å². The zero-order valence-corrected chi connectivity index (χ0v) is 18.5. The Hall–Kier alpha value is -3.88. The van der Waals surface area contributed by atoms with Crippen molar-refractivity contribution in [2.24, 2.45) is 5.92 Å². The second kappa shape index (κ2) is 9.72. The van der Waals surface area contributed by atoms with Crippen LogP contribution in [0.3, 0.4) is 0 Å². The van der Waals surface area contributed by atoms with Crippen LogP contribution in [0.25, 0.3) is 5.69 Å². The SMILES string of the molecule is COc1ccc(-n2ncc(C(=O)[C@@H]3CCCN(C(=O)CCn4ccccc4=O)C3)c2N)cc1. The van der Waals surface area contributed by atoms with Crippen molar-refractivity contribution in [1.29, 1.82) is 0 Å². The summed E-state index contributed by atoms with van der Waals surface area (Å²) in [4.78, 5) is 39.5. The largest absolute Gasteiger partial charge is 0.497 e. The fourth-order valence-electron chi connectivity index (χ4n) is 4.13. The topological polar surface area (TPSA) is 112 Å². The fourth-order valence-corrected chi connectivity index (χ4v) is 4.13. The molecule has 1 fully saturated rings. The smallest absolute Gasteiger partial charge is 0.250 e. The number of nitrogen functional groups attached to an aromatic ring is 1. The summed E-state index contributed by atoms with van der Waals surface area (Å²) in [7, 11) is 1.59. The van der Waals surface area contributed by atoms with Gasteiger partial charge in [0.2, 0.25) is 5.91 Å². The van der Waals surface area contributed by atoms with E-state index < -0.39 is 0 Å². The van der Waals surface area contributed by atoms with E-state index >= 15 is 0 Å². The lowest BCUT2D eigenvalue weighted by Gasteiger charge is -2.32. The molecule has 0 radical (unpaired) electrons. The number of carbonyl (C=O) groups is 2. The molecule has 1 aliphatic rings. The van der Waals surface area contributed by atoms with Crippen molar-refractivity contribution in [3.05, 3.63) is 70.8 Å². The van der Waals surface area contributed by atoms with Crippen molar-refractivity contribution < 1.29 is 14.3 Å². The first-order valence-corrected chi connectivity index (χ1v) is 10.9. The highest BCUT2D eigenvalue weighted by Crippen LogP contribution is 2.26. The third kappa shape index (κ3) is 4.82. The van der Waals surface area contributed by atoms with Gasteiger partial charge in [-0.3, -0.25) is 14.4 Å². The molecule has 1 saturated heterocycles. The van der Waals surface area contributed by atoms with Crippen LogP contribution >= 0.6 is 0 Å². The minimum absolute atomic E-state index is 0.0647. The number of anilines is 1. The summed E-state index contributed by atoms with van der Waals surface area (Å²) >= 11 is 0. The monoisotopic (exact) mass is 449 g/mol. The summed E-state index contributed by atoms with van der Waals surface area (Å²) in [5.41, 5.74) is 7.22. The second-order valence-electron chi connectivity index (χ2n) is 8.08. The second-order valence-corrected chi connectivity index (χ2v) is 8.08. The number of hydrogen-bond acceptors (Lipinski definition) is 6. The highest BCUT2D eigenvalue weighted by Gasteiger charge is 2.31. The Bertz CT molecular complexity index is 1200. The van der Waals surface area contributed by atoms with E-state index in [0.29, 0.717) is 37.4 Å². The maximum atomic E-state index is 13.2. The van der Waals surface area contributed by atoms with Crippen LogP contribution in [0.5, 0.6) is 5.75 Å². The van der Waals surface area contributed by atoms with Gasteiger partial charge in [0, 0.05) is 44.2 Å². The van der Waals surface area contributed by atoms with Crippen LogP contribution in [0.2, 0.25) is 0 Å². The molecular formula is C24H27N5O4. The van der Waals surface area contributed by atoms with Crippen LogP contribution in [0, 0.1) is 5.92 Å². The van der Waals surface area contributed by atoms with E-state index in [0.717, 1.165) is 12.1 Å². The molecule has 0 saturated carbocycles. The molecule has 1 atom stereocenters. The molecule has 4 rings (SSSR count). The zero-order valence-electron chi connectivity index (χ0n) is 18.5. The first kappa shape index (κ1) is 22.3. The van der Waals surface area contributed by atoms with Crippen LogP contribution in [0.15, 0.2) is 59.7 Å². The number of nitrogens with two attached hydrogens (primary N) is 1. The number of aromatic nitrogens is 3. The van der Waals surface area contributed by atoms with Crippen LogP contribution in [0.4, 0.5) is 5.82 Å². The van der Waals surface area contributed by atoms with Crippen LogP contribution in [-0.2, 0) is 11.3 Å². The molecule has 2 aromatic heterocycles. The molecule has 9 heteroatoms. The predicted molar refractivity (Wildman–Crippen MR) is 123 cm³/mol. The molecule has 2 N–H and O–H groups in total. The van der Waals surface area contributed by atoms with Crippen molar-refractivity contribution >= 4 is 17.5 Å². The minimum atomic E-state index is -0.335. The molecule has 1 amide bonds. The summed E-state index contributed by atoms with van der Waals surface area (Å²) in [6.45, 7) is 1.26.